The first kappa shape index (κ1) is 10.4. The summed E-state index contributed by atoms with van der Waals surface area (Å²) in [5.41, 5.74) is 0.752. The normalized spacial score (nSPS) is 9.43. The zero-order valence-corrected chi connectivity index (χ0v) is 7.90. The Labute approximate surface area is 86.1 Å². The molecule has 14 heavy (non-hydrogen) atoms. The number of pyridine rings is 1. The minimum atomic E-state index is -0.399. The van der Waals surface area contributed by atoms with Gasteiger partial charge in [0, 0.05) is 12.3 Å². The van der Waals surface area contributed by atoms with Gasteiger partial charge in [-0.1, -0.05) is 6.07 Å². The van der Waals surface area contributed by atoms with Crippen molar-refractivity contribution in [3.8, 4) is 0 Å². The second-order valence-corrected chi connectivity index (χ2v) is 2.60. The lowest BCUT2D eigenvalue weighted by molar-refractivity contribution is -0.383. The Morgan fingerprint density at radius 2 is 2.00 bits per heavy atom. The molecule has 0 spiro atoms. The number of nitrogens with zero attached hydrogens (tertiary/aromatic N) is 2. The maximum atomic E-state index is 10.6. The molecule has 5 heteroatoms. The highest BCUT2D eigenvalue weighted by atomic mass is 35.5. The number of nitro groups is 1. The average molecular weight is 211 g/mol. The molecule has 0 aliphatic rings. The molecule has 0 N–H and O–H groups in total. The first-order valence-corrected chi connectivity index (χ1v) is 3.77. The first-order valence-electron chi connectivity index (χ1n) is 3.77. The SMILES string of the molecule is Cl.O=[N+]([O-])c1cccc2ncccc12. The molecule has 0 fully saturated rings. The molecule has 0 atom stereocenters. The Bertz CT molecular complexity index is 468. The highest BCUT2D eigenvalue weighted by molar-refractivity contribution is 5.87. The molecule has 0 saturated heterocycles. The number of halogens is 1. The Kier molecular flexibility index (Phi) is 2.99. The number of nitro benzene ring substituents is 1. The van der Waals surface area contributed by atoms with E-state index in [0.717, 1.165) is 0 Å². The van der Waals surface area contributed by atoms with Crippen LogP contribution in [-0.2, 0) is 0 Å². The molecule has 1 heterocycles. The molecule has 0 saturated carbocycles. The largest absolute Gasteiger partial charge is 0.278 e. The van der Waals surface area contributed by atoms with Crippen molar-refractivity contribution in [2.24, 2.45) is 0 Å². The van der Waals surface area contributed by atoms with Gasteiger partial charge in [0.25, 0.3) is 5.69 Å². The van der Waals surface area contributed by atoms with Crippen LogP contribution in [0.4, 0.5) is 5.69 Å². The highest BCUT2D eigenvalue weighted by Gasteiger charge is 2.09. The lowest BCUT2D eigenvalue weighted by Crippen LogP contribution is -1.89. The van der Waals surface area contributed by atoms with Crippen LogP contribution in [0.1, 0.15) is 0 Å². The van der Waals surface area contributed by atoms with Crippen molar-refractivity contribution in [1.29, 1.82) is 0 Å². The summed E-state index contributed by atoms with van der Waals surface area (Å²) >= 11 is 0. The van der Waals surface area contributed by atoms with Gasteiger partial charge in [0.05, 0.1) is 15.8 Å². The van der Waals surface area contributed by atoms with Crippen molar-refractivity contribution in [2.45, 2.75) is 0 Å². The maximum Gasteiger partial charge on any atom is 0.278 e. The Balaban J connectivity index is 0.000000980. The second kappa shape index (κ2) is 4.02. The van der Waals surface area contributed by atoms with Gasteiger partial charge in [-0.2, -0.15) is 0 Å². The molecular weight excluding hydrogens is 204 g/mol. The molecule has 2 rings (SSSR count). The predicted molar refractivity (Wildman–Crippen MR) is 55.6 cm³/mol. The fraction of sp³-hybridized carbons (Fsp3) is 0. The van der Waals surface area contributed by atoms with Crippen LogP contribution in [0.2, 0.25) is 0 Å². The van der Waals surface area contributed by atoms with Crippen molar-refractivity contribution >= 4 is 29.0 Å². The van der Waals surface area contributed by atoms with Gasteiger partial charge in [0.1, 0.15) is 0 Å². The van der Waals surface area contributed by atoms with Gasteiger partial charge in [0.2, 0.25) is 0 Å². The molecular formula is C9H7ClN2O2. The number of benzene rings is 1. The summed E-state index contributed by atoms with van der Waals surface area (Å²) in [4.78, 5) is 14.2. The van der Waals surface area contributed by atoms with Crippen LogP contribution in [0.5, 0.6) is 0 Å². The van der Waals surface area contributed by atoms with E-state index in [4.69, 9.17) is 0 Å². The van der Waals surface area contributed by atoms with E-state index >= 15 is 0 Å². The van der Waals surface area contributed by atoms with E-state index in [9.17, 15) is 10.1 Å². The van der Waals surface area contributed by atoms with Crippen LogP contribution < -0.4 is 0 Å². The average Bonchev–Trinajstić information content (AvgIpc) is 2.17. The third-order valence-corrected chi connectivity index (χ3v) is 1.82. The number of hydrogen-bond acceptors (Lipinski definition) is 3. The lowest BCUT2D eigenvalue weighted by Gasteiger charge is -1.96. The van der Waals surface area contributed by atoms with Crippen molar-refractivity contribution in [3.63, 3.8) is 0 Å². The van der Waals surface area contributed by atoms with Gasteiger partial charge in [-0.15, -0.1) is 12.4 Å². The molecule has 2 aromatic rings. The van der Waals surface area contributed by atoms with E-state index in [1.807, 2.05) is 0 Å². The Hall–Kier alpha value is -1.68. The standard InChI is InChI=1S/C9H6N2O2.ClH/c12-11(13)9-5-1-4-8-7(9)3-2-6-10-8;/h1-6H;1H. The monoisotopic (exact) mass is 210 g/mol. The molecule has 1 aromatic carbocycles. The van der Waals surface area contributed by atoms with E-state index in [2.05, 4.69) is 4.98 Å². The van der Waals surface area contributed by atoms with E-state index in [0.29, 0.717) is 10.9 Å². The summed E-state index contributed by atoms with van der Waals surface area (Å²) in [6.45, 7) is 0. The quantitative estimate of drug-likeness (QED) is 0.537. The first-order chi connectivity index (χ1) is 6.29. The number of rotatable bonds is 1. The molecule has 0 unspecified atom stereocenters. The number of aromatic nitrogens is 1. The van der Waals surface area contributed by atoms with Gasteiger partial charge < -0.3 is 0 Å². The zero-order chi connectivity index (χ0) is 9.26. The smallest absolute Gasteiger partial charge is 0.258 e. The molecule has 0 bridgehead atoms. The van der Waals surface area contributed by atoms with Crippen LogP contribution >= 0.6 is 12.4 Å². The van der Waals surface area contributed by atoms with E-state index in [-0.39, 0.29) is 18.1 Å². The van der Waals surface area contributed by atoms with E-state index in [1.54, 1.807) is 30.5 Å². The zero-order valence-electron chi connectivity index (χ0n) is 7.08. The summed E-state index contributed by atoms with van der Waals surface area (Å²) in [7, 11) is 0. The van der Waals surface area contributed by atoms with Crippen LogP contribution in [-0.4, -0.2) is 9.91 Å². The maximum absolute atomic E-state index is 10.6. The predicted octanol–water partition coefficient (Wildman–Crippen LogP) is 2.56. The summed E-state index contributed by atoms with van der Waals surface area (Å²) in [5, 5.41) is 11.2. The highest BCUT2D eigenvalue weighted by Crippen LogP contribution is 2.22. The summed E-state index contributed by atoms with van der Waals surface area (Å²) in [6.07, 6.45) is 1.62. The minimum absolute atomic E-state index is 0. The third kappa shape index (κ3) is 1.65. The van der Waals surface area contributed by atoms with Gasteiger partial charge in [-0.25, -0.2) is 0 Å². The van der Waals surface area contributed by atoms with Crippen LogP contribution in [0.15, 0.2) is 36.5 Å². The van der Waals surface area contributed by atoms with E-state index in [1.165, 1.54) is 6.07 Å². The Morgan fingerprint density at radius 1 is 1.21 bits per heavy atom. The molecule has 0 radical (unpaired) electrons. The molecule has 0 amide bonds. The molecule has 0 aliphatic carbocycles. The van der Waals surface area contributed by atoms with Crippen LogP contribution in [0.25, 0.3) is 10.9 Å². The van der Waals surface area contributed by atoms with Crippen LogP contribution in [0, 0.1) is 10.1 Å². The molecule has 4 nitrogen and oxygen atoms in total. The topological polar surface area (TPSA) is 56.0 Å². The van der Waals surface area contributed by atoms with Gasteiger partial charge in [0.15, 0.2) is 0 Å². The van der Waals surface area contributed by atoms with Gasteiger partial charge >= 0.3 is 0 Å². The summed E-state index contributed by atoms with van der Waals surface area (Å²) in [6, 6.07) is 8.25. The van der Waals surface area contributed by atoms with Crippen molar-refractivity contribution in [1.82, 2.24) is 4.98 Å². The molecule has 72 valence electrons. The van der Waals surface area contributed by atoms with E-state index < -0.39 is 4.92 Å². The Morgan fingerprint density at radius 3 is 2.71 bits per heavy atom. The molecule has 1 aromatic heterocycles. The number of hydrogen-bond donors (Lipinski definition) is 0. The van der Waals surface area contributed by atoms with Crippen molar-refractivity contribution in [2.75, 3.05) is 0 Å². The van der Waals surface area contributed by atoms with Crippen molar-refractivity contribution < 1.29 is 4.92 Å². The molecule has 0 aliphatic heterocycles. The van der Waals surface area contributed by atoms with Crippen molar-refractivity contribution in [3.05, 3.63) is 46.6 Å². The van der Waals surface area contributed by atoms with Gasteiger partial charge in [-0.05, 0) is 18.2 Å². The number of non-ortho nitro benzene ring substituents is 1. The third-order valence-electron chi connectivity index (χ3n) is 1.82. The summed E-state index contributed by atoms with van der Waals surface area (Å²) in [5.74, 6) is 0. The fourth-order valence-corrected chi connectivity index (χ4v) is 1.25. The minimum Gasteiger partial charge on any atom is -0.258 e. The fourth-order valence-electron chi connectivity index (χ4n) is 1.25. The number of fused-ring (bicyclic) bond motifs is 1. The van der Waals surface area contributed by atoms with Crippen LogP contribution in [0.3, 0.4) is 0 Å². The summed E-state index contributed by atoms with van der Waals surface area (Å²) < 4.78 is 0. The second-order valence-electron chi connectivity index (χ2n) is 2.60. The lowest BCUT2D eigenvalue weighted by atomic mass is 10.2. The van der Waals surface area contributed by atoms with Gasteiger partial charge in [-0.3, -0.25) is 15.1 Å².